The lowest BCUT2D eigenvalue weighted by Gasteiger charge is -2.15. The summed E-state index contributed by atoms with van der Waals surface area (Å²) in [5.41, 5.74) is 7.19. The molecule has 106 valence electrons. The monoisotopic (exact) mass is 355 g/mol. The zero-order valence-electron chi connectivity index (χ0n) is 10.7. The van der Waals surface area contributed by atoms with Crippen LogP contribution in [0.15, 0.2) is 46.9 Å². The van der Waals surface area contributed by atoms with Crippen LogP contribution in [-0.2, 0) is 6.61 Å². The van der Waals surface area contributed by atoms with Crippen molar-refractivity contribution < 1.29 is 9.84 Å². The van der Waals surface area contributed by atoms with E-state index in [1.807, 2.05) is 42.5 Å². The molecule has 0 aliphatic rings. The Hall–Kier alpha value is -1.07. The molecule has 0 saturated heterocycles. The molecule has 3 nitrogen and oxygen atoms in total. The Balaban J connectivity index is 2.14. The second-order valence-corrected chi connectivity index (χ2v) is 5.70. The first-order valence-electron chi connectivity index (χ1n) is 6.15. The predicted molar refractivity (Wildman–Crippen MR) is 83.9 cm³/mol. The van der Waals surface area contributed by atoms with E-state index in [-0.39, 0.29) is 6.54 Å². The molecule has 0 fully saturated rings. The molecular formula is C15H15BrClNO2. The fourth-order valence-corrected chi connectivity index (χ4v) is 2.28. The van der Waals surface area contributed by atoms with E-state index >= 15 is 0 Å². The SMILES string of the molecule is NCC(O)c1cc(Br)ccc1OCc1ccc(Cl)cc1. The van der Waals surface area contributed by atoms with Gasteiger partial charge in [-0.1, -0.05) is 39.7 Å². The minimum atomic E-state index is -0.743. The van der Waals surface area contributed by atoms with Gasteiger partial charge >= 0.3 is 0 Å². The number of aliphatic hydroxyl groups excluding tert-OH is 1. The highest BCUT2D eigenvalue weighted by molar-refractivity contribution is 9.10. The standard InChI is InChI=1S/C15H15BrClNO2/c16-11-3-6-15(13(7-11)14(19)8-18)20-9-10-1-4-12(17)5-2-10/h1-7,14,19H,8-9,18H2. The number of benzene rings is 2. The van der Waals surface area contributed by atoms with Crippen LogP contribution in [0.4, 0.5) is 0 Å². The number of nitrogens with two attached hydrogens (primary N) is 1. The molecule has 3 N–H and O–H groups in total. The molecule has 2 rings (SSSR count). The summed E-state index contributed by atoms with van der Waals surface area (Å²) >= 11 is 9.21. The van der Waals surface area contributed by atoms with Crippen molar-refractivity contribution in [3.63, 3.8) is 0 Å². The van der Waals surface area contributed by atoms with Gasteiger partial charge in [0.25, 0.3) is 0 Å². The number of hydrogen-bond acceptors (Lipinski definition) is 3. The third-order valence-corrected chi connectivity index (χ3v) is 3.61. The molecule has 2 aromatic rings. The smallest absolute Gasteiger partial charge is 0.125 e. The normalized spacial score (nSPS) is 12.2. The average molecular weight is 357 g/mol. The van der Waals surface area contributed by atoms with Crippen molar-refractivity contribution in [3.8, 4) is 5.75 Å². The molecule has 5 heteroatoms. The van der Waals surface area contributed by atoms with Crippen LogP contribution in [0, 0.1) is 0 Å². The van der Waals surface area contributed by atoms with Gasteiger partial charge in [0.05, 0.1) is 6.10 Å². The van der Waals surface area contributed by atoms with Crippen molar-refractivity contribution in [1.29, 1.82) is 0 Å². The largest absolute Gasteiger partial charge is 0.489 e. The molecule has 0 aromatic heterocycles. The second kappa shape index (κ2) is 7.09. The summed E-state index contributed by atoms with van der Waals surface area (Å²) in [4.78, 5) is 0. The minimum absolute atomic E-state index is 0.147. The highest BCUT2D eigenvalue weighted by Crippen LogP contribution is 2.29. The summed E-state index contributed by atoms with van der Waals surface area (Å²) < 4.78 is 6.64. The fourth-order valence-electron chi connectivity index (χ4n) is 1.78. The summed E-state index contributed by atoms with van der Waals surface area (Å²) in [6.07, 6.45) is -0.743. The molecule has 0 saturated carbocycles. The maximum absolute atomic E-state index is 9.92. The van der Waals surface area contributed by atoms with E-state index in [2.05, 4.69) is 15.9 Å². The van der Waals surface area contributed by atoms with Crippen molar-refractivity contribution in [2.45, 2.75) is 12.7 Å². The van der Waals surface area contributed by atoms with E-state index in [9.17, 15) is 5.11 Å². The van der Waals surface area contributed by atoms with Crippen LogP contribution in [0.3, 0.4) is 0 Å². The van der Waals surface area contributed by atoms with Crippen LogP contribution in [-0.4, -0.2) is 11.7 Å². The van der Waals surface area contributed by atoms with E-state index in [4.69, 9.17) is 22.1 Å². The summed E-state index contributed by atoms with van der Waals surface area (Å²) in [5, 5.41) is 10.6. The first kappa shape index (κ1) is 15.3. The fraction of sp³-hybridized carbons (Fsp3) is 0.200. The number of aliphatic hydroxyl groups is 1. The zero-order chi connectivity index (χ0) is 14.5. The molecule has 1 atom stereocenters. The predicted octanol–water partition coefficient (Wildman–Crippen LogP) is 3.67. The van der Waals surface area contributed by atoms with Gasteiger partial charge in [-0.25, -0.2) is 0 Å². The van der Waals surface area contributed by atoms with E-state index in [1.165, 1.54) is 0 Å². The van der Waals surface area contributed by atoms with E-state index in [0.29, 0.717) is 22.9 Å². The Morgan fingerprint density at radius 1 is 1.20 bits per heavy atom. The molecule has 0 aliphatic carbocycles. The molecule has 1 unspecified atom stereocenters. The Morgan fingerprint density at radius 2 is 1.90 bits per heavy atom. The van der Waals surface area contributed by atoms with Crippen molar-refractivity contribution in [2.24, 2.45) is 5.73 Å². The summed E-state index contributed by atoms with van der Waals surface area (Å²) in [5.74, 6) is 0.626. The first-order chi connectivity index (χ1) is 9.60. The van der Waals surface area contributed by atoms with Crippen LogP contribution in [0.1, 0.15) is 17.2 Å². The van der Waals surface area contributed by atoms with Crippen molar-refractivity contribution in [1.82, 2.24) is 0 Å². The van der Waals surface area contributed by atoms with Gasteiger partial charge < -0.3 is 15.6 Å². The van der Waals surface area contributed by atoms with Crippen molar-refractivity contribution in [3.05, 3.63) is 63.1 Å². The number of hydrogen-bond donors (Lipinski definition) is 2. The molecule has 0 radical (unpaired) electrons. The lowest BCUT2D eigenvalue weighted by molar-refractivity contribution is 0.178. The number of halogens is 2. The topological polar surface area (TPSA) is 55.5 Å². The summed E-state index contributed by atoms with van der Waals surface area (Å²) in [6, 6.07) is 12.9. The van der Waals surface area contributed by atoms with Crippen LogP contribution < -0.4 is 10.5 Å². The van der Waals surface area contributed by atoms with Crippen LogP contribution in [0.2, 0.25) is 5.02 Å². The zero-order valence-corrected chi connectivity index (χ0v) is 13.1. The van der Waals surface area contributed by atoms with Crippen LogP contribution >= 0.6 is 27.5 Å². The first-order valence-corrected chi connectivity index (χ1v) is 7.32. The van der Waals surface area contributed by atoms with E-state index < -0.39 is 6.10 Å². The molecule has 2 aromatic carbocycles. The van der Waals surface area contributed by atoms with Gasteiger partial charge in [-0.05, 0) is 35.9 Å². The quantitative estimate of drug-likeness (QED) is 0.859. The van der Waals surface area contributed by atoms with Gasteiger partial charge in [-0.2, -0.15) is 0 Å². The van der Waals surface area contributed by atoms with Gasteiger partial charge in [-0.3, -0.25) is 0 Å². The Kier molecular flexibility index (Phi) is 5.43. The van der Waals surface area contributed by atoms with E-state index in [1.54, 1.807) is 0 Å². The van der Waals surface area contributed by atoms with Crippen molar-refractivity contribution >= 4 is 27.5 Å². The number of rotatable bonds is 5. The van der Waals surface area contributed by atoms with Gasteiger partial charge in [0.1, 0.15) is 12.4 Å². The van der Waals surface area contributed by atoms with Crippen molar-refractivity contribution in [2.75, 3.05) is 6.54 Å². The van der Waals surface area contributed by atoms with Gasteiger partial charge in [-0.15, -0.1) is 0 Å². The van der Waals surface area contributed by atoms with Crippen LogP contribution in [0.25, 0.3) is 0 Å². The minimum Gasteiger partial charge on any atom is -0.489 e. The second-order valence-electron chi connectivity index (χ2n) is 4.35. The molecule has 0 amide bonds. The highest BCUT2D eigenvalue weighted by Gasteiger charge is 2.12. The van der Waals surface area contributed by atoms with Gasteiger partial charge in [0, 0.05) is 21.6 Å². The molecule has 20 heavy (non-hydrogen) atoms. The molecule has 0 heterocycles. The maximum Gasteiger partial charge on any atom is 0.125 e. The highest BCUT2D eigenvalue weighted by atomic mass is 79.9. The average Bonchev–Trinajstić information content (AvgIpc) is 2.46. The van der Waals surface area contributed by atoms with Crippen LogP contribution in [0.5, 0.6) is 5.75 Å². The third-order valence-electron chi connectivity index (χ3n) is 2.86. The number of ether oxygens (including phenoxy) is 1. The summed E-state index contributed by atoms with van der Waals surface area (Å²) in [6.45, 7) is 0.552. The molecule has 0 bridgehead atoms. The lowest BCUT2D eigenvalue weighted by atomic mass is 10.1. The van der Waals surface area contributed by atoms with E-state index in [0.717, 1.165) is 10.0 Å². The maximum atomic E-state index is 9.92. The Bertz CT molecular complexity index is 575. The summed E-state index contributed by atoms with van der Waals surface area (Å²) in [7, 11) is 0. The van der Waals surface area contributed by atoms with Gasteiger partial charge in [0.15, 0.2) is 0 Å². The molecular weight excluding hydrogens is 342 g/mol. The lowest BCUT2D eigenvalue weighted by Crippen LogP contribution is -2.13. The molecule has 0 spiro atoms. The third kappa shape index (κ3) is 3.96. The van der Waals surface area contributed by atoms with Gasteiger partial charge in [0.2, 0.25) is 0 Å². The Morgan fingerprint density at radius 3 is 2.55 bits per heavy atom. The molecule has 0 aliphatic heterocycles. The Labute approximate surface area is 131 Å².